The molecule has 158 valence electrons. The molecule has 0 atom stereocenters. The van der Waals surface area contributed by atoms with Crippen molar-refractivity contribution >= 4 is 17.3 Å². The Hall–Kier alpha value is -2.12. The van der Waals surface area contributed by atoms with Gasteiger partial charge in [0.15, 0.2) is 5.96 Å². The minimum Gasteiger partial charge on any atom is -0.494 e. The molecule has 0 aliphatic carbocycles. The maximum atomic E-state index is 5.72. The monoisotopic (exact) mass is 415 g/mol. The van der Waals surface area contributed by atoms with Gasteiger partial charge >= 0.3 is 0 Å². The number of benzene rings is 1. The molecule has 1 saturated heterocycles. The summed E-state index contributed by atoms with van der Waals surface area (Å²) in [6, 6.07) is 9.94. The molecule has 0 spiro atoms. The maximum absolute atomic E-state index is 5.72. The second-order valence-corrected chi connectivity index (χ2v) is 8.53. The third-order valence-corrected chi connectivity index (χ3v) is 5.99. The first-order valence-corrected chi connectivity index (χ1v) is 11.4. The quantitative estimate of drug-likeness (QED) is 0.374. The fourth-order valence-electron chi connectivity index (χ4n) is 3.51. The second-order valence-electron chi connectivity index (χ2n) is 7.47. The summed E-state index contributed by atoms with van der Waals surface area (Å²) in [5, 5.41) is 10.2. The number of hydrogen-bond acceptors (Lipinski definition) is 5. The maximum Gasteiger partial charge on any atom is 0.190 e. The molecule has 2 heterocycles. The number of aromatic nitrogens is 1. The zero-order valence-corrected chi connectivity index (χ0v) is 18.4. The largest absolute Gasteiger partial charge is 0.494 e. The number of piperidine rings is 1. The van der Waals surface area contributed by atoms with E-state index in [0.717, 1.165) is 55.9 Å². The van der Waals surface area contributed by atoms with Crippen molar-refractivity contribution in [2.45, 2.75) is 32.7 Å². The van der Waals surface area contributed by atoms with E-state index in [0.29, 0.717) is 12.5 Å². The van der Waals surface area contributed by atoms with Crippen LogP contribution in [0.3, 0.4) is 0 Å². The molecule has 2 aromatic rings. The third-order valence-electron chi connectivity index (χ3n) is 5.17. The second kappa shape index (κ2) is 11.8. The molecule has 3 rings (SSSR count). The third kappa shape index (κ3) is 7.66. The minimum atomic E-state index is 0.698. The lowest BCUT2D eigenvalue weighted by Gasteiger charge is -2.31. The van der Waals surface area contributed by atoms with Crippen molar-refractivity contribution in [3.05, 3.63) is 46.4 Å². The first-order chi connectivity index (χ1) is 14.2. The van der Waals surface area contributed by atoms with Gasteiger partial charge in [-0.2, -0.15) is 0 Å². The van der Waals surface area contributed by atoms with Crippen molar-refractivity contribution in [2.24, 2.45) is 10.9 Å². The number of ether oxygens (including phenoxy) is 1. The predicted molar refractivity (Wildman–Crippen MR) is 121 cm³/mol. The Morgan fingerprint density at radius 1 is 1.24 bits per heavy atom. The molecule has 0 radical (unpaired) electrons. The van der Waals surface area contributed by atoms with Crippen LogP contribution in [0.25, 0.3) is 0 Å². The van der Waals surface area contributed by atoms with Gasteiger partial charge in [0.2, 0.25) is 0 Å². The highest BCUT2D eigenvalue weighted by Crippen LogP contribution is 2.19. The smallest absolute Gasteiger partial charge is 0.190 e. The predicted octanol–water partition coefficient (Wildman–Crippen LogP) is 3.30. The van der Waals surface area contributed by atoms with E-state index in [1.807, 2.05) is 37.4 Å². The first-order valence-electron chi connectivity index (χ1n) is 10.5. The van der Waals surface area contributed by atoms with Crippen molar-refractivity contribution in [1.82, 2.24) is 20.5 Å². The summed E-state index contributed by atoms with van der Waals surface area (Å²) in [7, 11) is 1.83. The first kappa shape index (κ1) is 21.6. The number of thiazole rings is 1. The van der Waals surface area contributed by atoms with Crippen LogP contribution in [0.15, 0.2) is 40.7 Å². The lowest BCUT2D eigenvalue weighted by atomic mass is 9.97. The molecule has 0 unspecified atom stereocenters. The summed E-state index contributed by atoms with van der Waals surface area (Å²) in [5.74, 6) is 2.50. The van der Waals surface area contributed by atoms with Gasteiger partial charge in [-0.1, -0.05) is 18.2 Å². The van der Waals surface area contributed by atoms with Gasteiger partial charge in [-0.05, 0) is 57.3 Å². The summed E-state index contributed by atoms with van der Waals surface area (Å²) < 4.78 is 5.72. The number of rotatable bonds is 9. The van der Waals surface area contributed by atoms with Crippen molar-refractivity contribution in [2.75, 3.05) is 39.8 Å². The van der Waals surface area contributed by atoms with E-state index in [9.17, 15) is 0 Å². The molecular weight excluding hydrogens is 382 g/mol. The van der Waals surface area contributed by atoms with E-state index < -0.39 is 0 Å². The van der Waals surface area contributed by atoms with Crippen LogP contribution >= 0.6 is 11.3 Å². The SMILES string of the molecule is CN=C(NCCCOc1ccccc1)NCC1CCN(Cc2csc(C)n2)CC1. The topological polar surface area (TPSA) is 61.8 Å². The lowest BCUT2D eigenvalue weighted by Crippen LogP contribution is -2.43. The van der Waals surface area contributed by atoms with Gasteiger partial charge < -0.3 is 15.4 Å². The Morgan fingerprint density at radius 3 is 2.72 bits per heavy atom. The molecule has 6 nitrogen and oxygen atoms in total. The molecule has 0 bridgehead atoms. The van der Waals surface area contributed by atoms with E-state index in [2.05, 4.69) is 37.8 Å². The Bertz CT molecular complexity index is 741. The number of nitrogens with zero attached hydrogens (tertiary/aromatic N) is 3. The van der Waals surface area contributed by atoms with E-state index in [4.69, 9.17) is 4.74 Å². The number of aryl methyl sites for hydroxylation is 1. The van der Waals surface area contributed by atoms with Gasteiger partial charge in [0.05, 0.1) is 17.3 Å². The van der Waals surface area contributed by atoms with Gasteiger partial charge in [0.1, 0.15) is 5.75 Å². The van der Waals surface area contributed by atoms with Crippen LogP contribution in [-0.4, -0.2) is 55.7 Å². The van der Waals surface area contributed by atoms with Crippen molar-refractivity contribution < 1.29 is 4.74 Å². The van der Waals surface area contributed by atoms with Crippen molar-refractivity contribution in [3.63, 3.8) is 0 Å². The number of nitrogens with one attached hydrogen (secondary N) is 2. The lowest BCUT2D eigenvalue weighted by molar-refractivity contribution is 0.176. The van der Waals surface area contributed by atoms with Crippen LogP contribution in [0, 0.1) is 12.8 Å². The Labute approximate surface area is 178 Å². The van der Waals surface area contributed by atoms with Crippen LogP contribution in [-0.2, 0) is 6.54 Å². The highest BCUT2D eigenvalue weighted by Gasteiger charge is 2.20. The summed E-state index contributed by atoms with van der Waals surface area (Å²) in [4.78, 5) is 11.4. The average molecular weight is 416 g/mol. The standard InChI is InChI=1S/C22H33N5OS/c1-18-26-20(17-29-18)16-27-12-9-19(10-13-27)15-25-22(23-2)24-11-6-14-28-21-7-4-3-5-8-21/h3-5,7-8,17,19H,6,9-16H2,1-2H3,(H2,23,24,25). The fraction of sp³-hybridized carbons (Fsp3) is 0.545. The molecule has 1 fully saturated rings. The van der Waals surface area contributed by atoms with Gasteiger partial charge in [-0.25, -0.2) is 4.98 Å². The van der Waals surface area contributed by atoms with Crippen LogP contribution in [0.2, 0.25) is 0 Å². The molecule has 1 aliphatic heterocycles. The minimum absolute atomic E-state index is 0.698. The van der Waals surface area contributed by atoms with Crippen LogP contribution in [0.1, 0.15) is 30.0 Å². The number of guanidine groups is 1. The van der Waals surface area contributed by atoms with Crippen LogP contribution in [0.4, 0.5) is 0 Å². The molecule has 0 amide bonds. The summed E-state index contributed by atoms with van der Waals surface area (Å²) >= 11 is 1.74. The normalized spacial score (nSPS) is 16.0. The van der Waals surface area contributed by atoms with Gasteiger partial charge in [-0.15, -0.1) is 11.3 Å². The van der Waals surface area contributed by atoms with E-state index in [1.165, 1.54) is 18.5 Å². The Balaban J connectivity index is 1.26. The van der Waals surface area contributed by atoms with Gasteiger partial charge in [0, 0.05) is 32.1 Å². The number of para-hydroxylation sites is 1. The Kier molecular flexibility index (Phi) is 8.77. The highest BCUT2D eigenvalue weighted by atomic mass is 32.1. The molecule has 7 heteroatoms. The van der Waals surface area contributed by atoms with E-state index in [1.54, 1.807) is 11.3 Å². The Morgan fingerprint density at radius 2 is 2.03 bits per heavy atom. The van der Waals surface area contributed by atoms with Crippen LogP contribution < -0.4 is 15.4 Å². The summed E-state index contributed by atoms with van der Waals surface area (Å²) in [6.45, 7) is 7.87. The van der Waals surface area contributed by atoms with E-state index >= 15 is 0 Å². The number of likely N-dealkylation sites (tertiary alicyclic amines) is 1. The average Bonchev–Trinajstić information content (AvgIpc) is 3.16. The van der Waals surface area contributed by atoms with Crippen molar-refractivity contribution in [1.29, 1.82) is 0 Å². The molecule has 2 N–H and O–H groups in total. The summed E-state index contributed by atoms with van der Waals surface area (Å²) in [5.41, 5.74) is 1.21. The highest BCUT2D eigenvalue weighted by molar-refractivity contribution is 7.09. The number of aliphatic imine (C=N–C) groups is 1. The molecule has 1 aromatic carbocycles. The van der Waals surface area contributed by atoms with Crippen molar-refractivity contribution in [3.8, 4) is 5.75 Å². The summed E-state index contributed by atoms with van der Waals surface area (Å²) in [6.07, 6.45) is 3.38. The fourth-order valence-corrected chi connectivity index (χ4v) is 4.11. The molecule has 1 aliphatic rings. The molecule has 1 aromatic heterocycles. The van der Waals surface area contributed by atoms with Gasteiger partial charge in [0.25, 0.3) is 0 Å². The molecule has 29 heavy (non-hydrogen) atoms. The zero-order valence-electron chi connectivity index (χ0n) is 17.6. The zero-order chi connectivity index (χ0) is 20.3. The number of hydrogen-bond donors (Lipinski definition) is 2. The molecular formula is C22H33N5OS. The van der Waals surface area contributed by atoms with Gasteiger partial charge in [-0.3, -0.25) is 9.89 Å². The van der Waals surface area contributed by atoms with E-state index in [-0.39, 0.29) is 0 Å². The van der Waals surface area contributed by atoms with Crippen LogP contribution in [0.5, 0.6) is 5.75 Å². The molecule has 0 saturated carbocycles.